The number of rotatable bonds is 2. The first-order chi connectivity index (χ1) is 7.15. The Kier molecular flexibility index (Phi) is 1.96. The van der Waals surface area contributed by atoms with Gasteiger partial charge in [0.05, 0.1) is 5.69 Å². The van der Waals surface area contributed by atoms with Gasteiger partial charge >= 0.3 is 5.82 Å². The molecule has 2 rings (SSSR count). The summed E-state index contributed by atoms with van der Waals surface area (Å²) in [7, 11) is 0. The predicted octanol–water partition coefficient (Wildman–Crippen LogP) is 1.36. The Bertz CT molecular complexity index is 559. The Labute approximate surface area is 84.3 Å². The second kappa shape index (κ2) is 3.16. The number of imidazole rings is 1. The van der Waals surface area contributed by atoms with Crippen molar-refractivity contribution >= 4 is 17.6 Å². The monoisotopic (exact) mass is 205 g/mol. The average molecular weight is 205 g/mol. The summed E-state index contributed by atoms with van der Waals surface area (Å²) in [6, 6.07) is 4.73. The van der Waals surface area contributed by atoms with Gasteiger partial charge in [0, 0.05) is 6.92 Å². The molecule has 6 heteroatoms. The Morgan fingerprint density at radius 1 is 1.53 bits per heavy atom. The SMILES string of the molecule is Cc1nc([N+](=O)[O-])c2cccc(C=O)n12. The quantitative estimate of drug-likeness (QED) is 0.421. The molecule has 0 aromatic carbocycles. The maximum atomic E-state index is 10.7. The molecule has 76 valence electrons. The third-order valence-corrected chi connectivity index (χ3v) is 2.13. The number of hydrogen-bond acceptors (Lipinski definition) is 4. The molecule has 0 atom stereocenters. The molecular formula is C9H7N3O3. The van der Waals surface area contributed by atoms with Crippen LogP contribution in [0, 0.1) is 17.0 Å². The fourth-order valence-corrected chi connectivity index (χ4v) is 1.55. The lowest BCUT2D eigenvalue weighted by atomic mass is 10.3. The zero-order chi connectivity index (χ0) is 11.0. The van der Waals surface area contributed by atoms with Crippen LogP contribution in [-0.4, -0.2) is 20.6 Å². The maximum Gasteiger partial charge on any atom is 0.389 e. The number of fused-ring (bicyclic) bond motifs is 1. The molecule has 0 spiro atoms. The molecule has 6 nitrogen and oxygen atoms in total. The highest BCUT2D eigenvalue weighted by Crippen LogP contribution is 2.20. The highest BCUT2D eigenvalue weighted by molar-refractivity contribution is 5.76. The summed E-state index contributed by atoms with van der Waals surface area (Å²) in [6.45, 7) is 1.62. The van der Waals surface area contributed by atoms with Gasteiger partial charge in [-0.2, -0.15) is 0 Å². The van der Waals surface area contributed by atoms with Crippen LogP contribution in [0.5, 0.6) is 0 Å². The van der Waals surface area contributed by atoms with E-state index in [2.05, 4.69) is 4.98 Å². The fourth-order valence-electron chi connectivity index (χ4n) is 1.55. The number of nitro groups is 1. The van der Waals surface area contributed by atoms with E-state index in [0.29, 0.717) is 23.3 Å². The summed E-state index contributed by atoms with van der Waals surface area (Å²) in [4.78, 5) is 24.6. The van der Waals surface area contributed by atoms with Gasteiger partial charge in [0.15, 0.2) is 6.29 Å². The lowest BCUT2D eigenvalue weighted by molar-refractivity contribution is -0.387. The van der Waals surface area contributed by atoms with Crippen molar-refractivity contribution in [3.8, 4) is 0 Å². The fraction of sp³-hybridized carbons (Fsp3) is 0.111. The summed E-state index contributed by atoms with van der Waals surface area (Å²) >= 11 is 0. The Balaban J connectivity index is 2.91. The highest BCUT2D eigenvalue weighted by Gasteiger charge is 2.20. The van der Waals surface area contributed by atoms with Crippen molar-refractivity contribution in [2.45, 2.75) is 6.92 Å². The molecule has 0 aliphatic heterocycles. The van der Waals surface area contributed by atoms with E-state index in [0.717, 1.165) is 0 Å². The molecule has 0 bridgehead atoms. The van der Waals surface area contributed by atoms with Gasteiger partial charge in [-0.05, 0) is 22.0 Å². The van der Waals surface area contributed by atoms with Crippen molar-refractivity contribution in [1.82, 2.24) is 9.38 Å². The molecule has 0 N–H and O–H groups in total. The zero-order valence-corrected chi connectivity index (χ0v) is 7.88. The molecule has 0 aliphatic rings. The second-order valence-corrected chi connectivity index (χ2v) is 3.03. The van der Waals surface area contributed by atoms with Crippen LogP contribution in [0.3, 0.4) is 0 Å². The van der Waals surface area contributed by atoms with Gasteiger partial charge in [0.25, 0.3) is 0 Å². The molecule has 0 amide bonds. The molecule has 2 heterocycles. The minimum Gasteiger partial charge on any atom is -0.358 e. The lowest BCUT2D eigenvalue weighted by Crippen LogP contribution is -1.96. The molecule has 0 unspecified atom stereocenters. The molecule has 2 aromatic rings. The van der Waals surface area contributed by atoms with Crippen molar-refractivity contribution in [3.63, 3.8) is 0 Å². The van der Waals surface area contributed by atoms with Gasteiger partial charge in [-0.3, -0.25) is 9.20 Å². The number of carbonyl (C=O) groups excluding carboxylic acids is 1. The van der Waals surface area contributed by atoms with Crippen molar-refractivity contribution < 1.29 is 9.72 Å². The smallest absolute Gasteiger partial charge is 0.358 e. The Morgan fingerprint density at radius 3 is 2.87 bits per heavy atom. The third kappa shape index (κ3) is 1.26. The molecule has 0 aliphatic carbocycles. The summed E-state index contributed by atoms with van der Waals surface area (Å²) < 4.78 is 1.46. The first kappa shape index (κ1) is 9.32. The first-order valence-electron chi connectivity index (χ1n) is 4.23. The number of hydrogen-bond donors (Lipinski definition) is 0. The van der Waals surface area contributed by atoms with Crippen LogP contribution < -0.4 is 0 Å². The molecule has 0 saturated carbocycles. The van der Waals surface area contributed by atoms with Crippen LogP contribution in [-0.2, 0) is 0 Å². The van der Waals surface area contributed by atoms with Crippen molar-refractivity contribution in [1.29, 1.82) is 0 Å². The topological polar surface area (TPSA) is 77.5 Å². The van der Waals surface area contributed by atoms with Crippen LogP contribution in [0.15, 0.2) is 18.2 Å². The maximum absolute atomic E-state index is 10.7. The van der Waals surface area contributed by atoms with Crippen molar-refractivity contribution in [2.75, 3.05) is 0 Å². The van der Waals surface area contributed by atoms with Gasteiger partial charge in [0.2, 0.25) is 5.82 Å². The standard InChI is InChI=1S/C9H7N3O3/c1-6-10-9(12(14)15)8-4-2-3-7(5-13)11(6)8/h2-5H,1H3. The van der Waals surface area contributed by atoms with Gasteiger partial charge in [-0.25, -0.2) is 0 Å². The Hall–Kier alpha value is -2.24. The molecule has 0 radical (unpaired) electrons. The van der Waals surface area contributed by atoms with E-state index in [1.165, 1.54) is 4.40 Å². The summed E-state index contributed by atoms with van der Waals surface area (Å²) in [5, 5.41) is 10.7. The first-order valence-corrected chi connectivity index (χ1v) is 4.23. The van der Waals surface area contributed by atoms with E-state index in [9.17, 15) is 14.9 Å². The molecule has 0 saturated heterocycles. The number of aldehydes is 1. The number of nitrogens with zero attached hydrogens (tertiary/aromatic N) is 3. The molecular weight excluding hydrogens is 198 g/mol. The Morgan fingerprint density at radius 2 is 2.27 bits per heavy atom. The van der Waals surface area contributed by atoms with Crippen LogP contribution in [0.2, 0.25) is 0 Å². The van der Waals surface area contributed by atoms with Crippen LogP contribution in [0.1, 0.15) is 16.3 Å². The van der Waals surface area contributed by atoms with Crippen LogP contribution in [0.4, 0.5) is 5.82 Å². The van der Waals surface area contributed by atoms with E-state index in [1.807, 2.05) is 0 Å². The van der Waals surface area contributed by atoms with Crippen molar-refractivity contribution in [2.24, 2.45) is 0 Å². The van der Waals surface area contributed by atoms with Gasteiger partial charge in [0.1, 0.15) is 5.52 Å². The lowest BCUT2D eigenvalue weighted by Gasteiger charge is -1.96. The van der Waals surface area contributed by atoms with Crippen molar-refractivity contribution in [3.05, 3.63) is 39.8 Å². The number of pyridine rings is 1. The van der Waals surface area contributed by atoms with E-state index in [4.69, 9.17) is 0 Å². The molecule has 2 aromatic heterocycles. The van der Waals surface area contributed by atoms with Gasteiger partial charge < -0.3 is 10.1 Å². The summed E-state index contributed by atoms with van der Waals surface area (Å²) in [5.74, 6) is 0.204. The normalized spacial score (nSPS) is 10.5. The van der Waals surface area contributed by atoms with E-state index in [1.54, 1.807) is 25.1 Å². The zero-order valence-electron chi connectivity index (χ0n) is 7.88. The average Bonchev–Trinajstić information content (AvgIpc) is 2.56. The number of aryl methyl sites for hydroxylation is 1. The summed E-state index contributed by atoms with van der Waals surface area (Å²) in [6.07, 6.45) is 0.644. The third-order valence-electron chi connectivity index (χ3n) is 2.13. The summed E-state index contributed by atoms with van der Waals surface area (Å²) in [5.41, 5.74) is 0.688. The number of carbonyl (C=O) groups is 1. The number of aromatic nitrogens is 2. The van der Waals surface area contributed by atoms with E-state index >= 15 is 0 Å². The minimum absolute atomic E-state index is 0.226. The van der Waals surface area contributed by atoms with Gasteiger partial charge in [-0.15, -0.1) is 0 Å². The largest absolute Gasteiger partial charge is 0.389 e. The van der Waals surface area contributed by atoms with Crippen LogP contribution in [0.25, 0.3) is 5.52 Å². The van der Waals surface area contributed by atoms with Crippen LogP contribution >= 0.6 is 0 Å². The van der Waals surface area contributed by atoms with E-state index in [-0.39, 0.29) is 5.82 Å². The molecule has 0 fully saturated rings. The second-order valence-electron chi connectivity index (χ2n) is 3.03. The van der Waals surface area contributed by atoms with Gasteiger partial charge in [-0.1, -0.05) is 6.07 Å². The van der Waals surface area contributed by atoms with E-state index < -0.39 is 4.92 Å². The predicted molar refractivity (Wildman–Crippen MR) is 52.0 cm³/mol. The minimum atomic E-state index is -0.559. The highest BCUT2D eigenvalue weighted by atomic mass is 16.6. The molecule has 15 heavy (non-hydrogen) atoms.